The van der Waals surface area contributed by atoms with Crippen LogP contribution in [0.4, 0.5) is 0 Å². The van der Waals surface area contributed by atoms with Crippen molar-refractivity contribution in [1.29, 1.82) is 0 Å². The molecule has 0 saturated carbocycles. The van der Waals surface area contributed by atoms with Gasteiger partial charge >= 0.3 is 0 Å². The molecule has 0 aliphatic carbocycles. The van der Waals surface area contributed by atoms with Crippen molar-refractivity contribution < 1.29 is 0 Å². The van der Waals surface area contributed by atoms with Gasteiger partial charge in [-0.15, -0.1) is 35.3 Å². The Morgan fingerprint density at radius 1 is 1.16 bits per heavy atom. The Kier molecular flexibility index (Phi) is 11.0. The average molecular weight is 479 g/mol. The molecule has 1 aromatic heterocycles. The molecule has 5 nitrogen and oxygen atoms in total. The molecule has 0 spiro atoms. The Morgan fingerprint density at radius 3 is 2.40 bits per heavy atom. The number of nitrogens with zero attached hydrogens (tertiary/aromatic N) is 3. The minimum absolute atomic E-state index is 0. The Balaban J connectivity index is 0.00000312. The van der Waals surface area contributed by atoms with Crippen LogP contribution in [0.2, 0.25) is 0 Å². The van der Waals surface area contributed by atoms with Crippen molar-refractivity contribution in [2.24, 2.45) is 4.99 Å². The third-order valence-electron chi connectivity index (χ3n) is 4.76. The summed E-state index contributed by atoms with van der Waals surface area (Å²) in [6.45, 7) is 14.4. The number of thiophene rings is 1. The van der Waals surface area contributed by atoms with E-state index in [1.54, 1.807) is 0 Å². The number of aryl methyl sites for hydroxylation is 1. The van der Waals surface area contributed by atoms with Crippen LogP contribution in [0.25, 0.3) is 0 Å². The summed E-state index contributed by atoms with van der Waals surface area (Å²) in [4.78, 5) is 12.2. The van der Waals surface area contributed by atoms with Gasteiger partial charge in [0, 0.05) is 55.6 Å². The summed E-state index contributed by atoms with van der Waals surface area (Å²) < 4.78 is 0. The number of hydrogen-bond acceptors (Lipinski definition) is 4. The lowest BCUT2D eigenvalue weighted by molar-refractivity contribution is 0.107. The molecule has 7 heteroatoms. The minimum atomic E-state index is 0. The normalized spacial score (nSPS) is 17.8. The summed E-state index contributed by atoms with van der Waals surface area (Å²) in [7, 11) is 1.84. The van der Waals surface area contributed by atoms with Crippen molar-refractivity contribution in [1.82, 2.24) is 20.4 Å². The average Bonchev–Trinajstić information content (AvgIpc) is 3.09. The molecular formula is C18H34IN5S. The van der Waals surface area contributed by atoms with Gasteiger partial charge in [0.05, 0.1) is 6.54 Å². The number of halogens is 1. The van der Waals surface area contributed by atoms with E-state index in [1.807, 2.05) is 18.4 Å². The first-order chi connectivity index (χ1) is 11.7. The fraction of sp³-hybridized carbons (Fsp3) is 0.722. The van der Waals surface area contributed by atoms with E-state index in [0.717, 1.165) is 38.6 Å². The molecule has 2 heterocycles. The predicted octanol–water partition coefficient (Wildman–Crippen LogP) is 2.62. The van der Waals surface area contributed by atoms with Gasteiger partial charge < -0.3 is 15.5 Å². The molecule has 0 aromatic carbocycles. The van der Waals surface area contributed by atoms with Crippen LogP contribution in [0.1, 0.15) is 30.5 Å². The van der Waals surface area contributed by atoms with Gasteiger partial charge in [0.2, 0.25) is 0 Å². The standard InChI is InChI=1S/C18H33N5S.HI/c1-5-16-7-8-17(24-16)14-21-18(19-4)20-13-15(3)23-11-9-22(6-2)10-12-23;/h7-8,15H,5-6,9-14H2,1-4H3,(H2,19,20,21);1H. The first-order valence-electron chi connectivity index (χ1n) is 9.14. The maximum Gasteiger partial charge on any atom is 0.191 e. The van der Waals surface area contributed by atoms with Gasteiger partial charge in [-0.05, 0) is 32.0 Å². The van der Waals surface area contributed by atoms with Crippen LogP contribution in [-0.4, -0.2) is 68.1 Å². The zero-order valence-corrected chi connectivity index (χ0v) is 19.2. The van der Waals surface area contributed by atoms with Gasteiger partial charge in [0.1, 0.15) is 0 Å². The molecule has 1 atom stereocenters. The zero-order valence-electron chi connectivity index (χ0n) is 16.0. The number of hydrogen-bond donors (Lipinski definition) is 2. The van der Waals surface area contributed by atoms with Crippen LogP contribution < -0.4 is 10.6 Å². The van der Waals surface area contributed by atoms with Crippen molar-refractivity contribution in [2.75, 3.05) is 46.3 Å². The Bertz CT molecular complexity index is 511. The molecule has 1 aliphatic heterocycles. The lowest BCUT2D eigenvalue weighted by Gasteiger charge is -2.37. The van der Waals surface area contributed by atoms with Gasteiger partial charge in [0.25, 0.3) is 0 Å². The number of guanidine groups is 1. The summed E-state index contributed by atoms with van der Waals surface area (Å²) in [5.41, 5.74) is 0. The van der Waals surface area contributed by atoms with E-state index in [-0.39, 0.29) is 24.0 Å². The first-order valence-corrected chi connectivity index (χ1v) is 9.96. The molecule has 1 aliphatic rings. The lowest BCUT2D eigenvalue weighted by Crippen LogP contribution is -2.53. The van der Waals surface area contributed by atoms with Gasteiger partial charge in [0.15, 0.2) is 5.96 Å². The van der Waals surface area contributed by atoms with Crippen LogP contribution in [0.3, 0.4) is 0 Å². The van der Waals surface area contributed by atoms with Crippen LogP contribution in [0.15, 0.2) is 17.1 Å². The third-order valence-corrected chi connectivity index (χ3v) is 5.99. The molecule has 2 rings (SSSR count). The number of likely N-dealkylation sites (N-methyl/N-ethyl adjacent to an activating group) is 1. The molecule has 1 aromatic rings. The van der Waals surface area contributed by atoms with E-state index >= 15 is 0 Å². The second-order valence-electron chi connectivity index (χ2n) is 6.35. The summed E-state index contributed by atoms with van der Waals surface area (Å²) in [5, 5.41) is 6.89. The Hall–Kier alpha value is -0.380. The van der Waals surface area contributed by atoms with E-state index in [0.29, 0.717) is 6.04 Å². The van der Waals surface area contributed by atoms with Crippen molar-refractivity contribution >= 4 is 41.3 Å². The molecule has 0 amide bonds. The molecular weight excluding hydrogens is 445 g/mol. The van der Waals surface area contributed by atoms with Crippen molar-refractivity contribution in [3.05, 3.63) is 21.9 Å². The van der Waals surface area contributed by atoms with Gasteiger partial charge in [-0.2, -0.15) is 0 Å². The maximum atomic E-state index is 4.34. The quantitative estimate of drug-likeness (QED) is 0.359. The van der Waals surface area contributed by atoms with E-state index in [4.69, 9.17) is 0 Å². The molecule has 1 unspecified atom stereocenters. The summed E-state index contributed by atoms with van der Waals surface area (Å²) in [6, 6.07) is 4.95. The predicted molar refractivity (Wildman–Crippen MR) is 120 cm³/mol. The van der Waals surface area contributed by atoms with Gasteiger partial charge in [-0.3, -0.25) is 9.89 Å². The monoisotopic (exact) mass is 479 g/mol. The van der Waals surface area contributed by atoms with Crippen LogP contribution in [-0.2, 0) is 13.0 Å². The molecule has 1 fully saturated rings. The van der Waals surface area contributed by atoms with E-state index in [1.165, 1.54) is 29.4 Å². The highest BCUT2D eigenvalue weighted by molar-refractivity contribution is 14.0. The van der Waals surface area contributed by atoms with Crippen molar-refractivity contribution in [3.63, 3.8) is 0 Å². The minimum Gasteiger partial charge on any atom is -0.355 e. The summed E-state index contributed by atoms with van der Waals surface area (Å²) in [6.07, 6.45) is 1.11. The molecule has 1 saturated heterocycles. The van der Waals surface area contributed by atoms with Crippen molar-refractivity contribution in [3.8, 4) is 0 Å². The van der Waals surface area contributed by atoms with Gasteiger partial charge in [-0.25, -0.2) is 0 Å². The zero-order chi connectivity index (χ0) is 17.4. The molecule has 2 N–H and O–H groups in total. The smallest absolute Gasteiger partial charge is 0.191 e. The molecule has 25 heavy (non-hydrogen) atoms. The van der Waals surface area contributed by atoms with E-state index < -0.39 is 0 Å². The molecule has 144 valence electrons. The second kappa shape index (κ2) is 12.1. The topological polar surface area (TPSA) is 42.9 Å². The highest BCUT2D eigenvalue weighted by Gasteiger charge is 2.20. The van der Waals surface area contributed by atoms with Crippen LogP contribution in [0.5, 0.6) is 0 Å². The number of nitrogens with one attached hydrogen (secondary N) is 2. The van der Waals surface area contributed by atoms with Crippen LogP contribution >= 0.6 is 35.3 Å². The summed E-state index contributed by atoms with van der Waals surface area (Å²) in [5.74, 6) is 0.889. The van der Waals surface area contributed by atoms with E-state index in [2.05, 4.69) is 58.3 Å². The highest BCUT2D eigenvalue weighted by Crippen LogP contribution is 2.16. The fourth-order valence-electron chi connectivity index (χ4n) is 2.99. The SMILES string of the molecule is CCc1ccc(CNC(=NC)NCC(C)N2CCN(CC)CC2)s1.I. The number of rotatable bonds is 7. The Labute approximate surface area is 174 Å². The Morgan fingerprint density at radius 2 is 1.84 bits per heavy atom. The number of piperazine rings is 1. The van der Waals surface area contributed by atoms with E-state index in [9.17, 15) is 0 Å². The molecule has 0 radical (unpaired) electrons. The van der Waals surface area contributed by atoms with Gasteiger partial charge in [-0.1, -0.05) is 13.8 Å². The first kappa shape index (κ1) is 22.7. The van der Waals surface area contributed by atoms with Crippen LogP contribution in [0, 0.1) is 0 Å². The third kappa shape index (κ3) is 7.40. The number of aliphatic imine (C=N–C) groups is 1. The fourth-order valence-corrected chi connectivity index (χ4v) is 3.89. The largest absolute Gasteiger partial charge is 0.355 e. The lowest BCUT2D eigenvalue weighted by atomic mass is 10.2. The van der Waals surface area contributed by atoms with Crippen molar-refractivity contribution in [2.45, 2.75) is 39.8 Å². The second-order valence-corrected chi connectivity index (χ2v) is 7.60. The maximum absolute atomic E-state index is 4.34. The molecule has 0 bridgehead atoms. The summed E-state index contributed by atoms with van der Waals surface area (Å²) >= 11 is 1.88. The highest BCUT2D eigenvalue weighted by atomic mass is 127.